The molecule has 3 aromatic rings. The van der Waals surface area contributed by atoms with Crippen LogP contribution >= 0.6 is 11.3 Å². The van der Waals surface area contributed by atoms with Crippen LogP contribution in [0.3, 0.4) is 0 Å². The van der Waals surface area contributed by atoms with Crippen LogP contribution in [-0.4, -0.2) is 30.1 Å². The zero-order valence-electron chi connectivity index (χ0n) is 17.3. The average molecular weight is 449 g/mol. The number of hydrogen-bond donors (Lipinski definition) is 1. The Bertz CT molecular complexity index is 1200. The van der Waals surface area contributed by atoms with E-state index in [-0.39, 0.29) is 30.8 Å². The zero-order valence-corrected chi connectivity index (χ0v) is 18.1. The van der Waals surface area contributed by atoms with Gasteiger partial charge in [-0.1, -0.05) is 12.1 Å². The van der Waals surface area contributed by atoms with Crippen molar-refractivity contribution in [1.29, 1.82) is 0 Å². The number of carbonyl (C=O) groups excluding carboxylic acids is 2. The summed E-state index contributed by atoms with van der Waals surface area (Å²) in [6, 6.07) is 16.4. The van der Waals surface area contributed by atoms with Gasteiger partial charge in [-0.15, -0.1) is 11.3 Å². The quantitative estimate of drug-likeness (QED) is 0.544. The highest BCUT2D eigenvalue weighted by Gasteiger charge is 2.39. The lowest BCUT2D eigenvalue weighted by molar-refractivity contribution is -0.137. The van der Waals surface area contributed by atoms with E-state index in [1.807, 2.05) is 54.8 Å². The zero-order chi connectivity index (χ0) is 22.1. The van der Waals surface area contributed by atoms with E-state index in [0.29, 0.717) is 29.4 Å². The predicted octanol–water partition coefficient (Wildman–Crippen LogP) is 4.27. The van der Waals surface area contributed by atoms with E-state index < -0.39 is 0 Å². The van der Waals surface area contributed by atoms with Crippen LogP contribution in [0, 0.1) is 0 Å². The Kier molecular flexibility index (Phi) is 5.28. The second-order valence-corrected chi connectivity index (χ2v) is 8.14. The average Bonchev–Trinajstić information content (AvgIpc) is 3.53. The van der Waals surface area contributed by atoms with Crippen molar-refractivity contribution in [1.82, 2.24) is 4.90 Å². The van der Waals surface area contributed by atoms with Crippen LogP contribution in [-0.2, 0) is 16.1 Å². The van der Waals surface area contributed by atoms with Gasteiger partial charge in [0.1, 0.15) is 11.4 Å². The SMILES string of the molecule is CCOc1ccc(NC2=C(c3cccs3)C(=O)N(Cc3ccc4c(c3)OCO4)C2=O)cc1. The summed E-state index contributed by atoms with van der Waals surface area (Å²) in [7, 11) is 0. The molecular weight excluding hydrogens is 428 g/mol. The Labute approximate surface area is 188 Å². The standard InChI is InChI=1S/C24H20N2O5S/c1-2-29-17-8-6-16(7-9-17)25-22-21(20-4-3-11-32-20)23(27)26(24(22)28)13-15-5-10-18-19(12-15)31-14-30-18/h3-12,25H,2,13-14H2,1H3. The third-order valence-electron chi connectivity index (χ3n) is 5.15. The Hall–Kier alpha value is -3.78. The van der Waals surface area contributed by atoms with Gasteiger partial charge in [0.05, 0.1) is 18.7 Å². The molecule has 7 nitrogen and oxygen atoms in total. The maximum atomic E-state index is 13.3. The molecule has 0 bridgehead atoms. The van der Waals surface area contributed by atoms with Crippen molar-refractivity contribution in [2.45, 2.75) is 13.5 Å². The van der Waals surface area contributed by atoms with Gasteiger partial charge in [0.25, 0.3) is 11.8 Å². The predicted molar refractivity (Wildman–Crippen MR) is 121 cm³/mol. The summed E-state index contributed by atoms with van der Waals surface area (Å²) >= 11 is 1.42. The fraction of sp³-hybridized carbons (Fsp3) is 0.167. The van der Waals surface area contributed by atoms with Gasteiger partial charge >= 0.3 is 0 Å². The van der Waals surface area contributed by atoms with Crippen molar-refractivity contribution in [3.8, 4) is 17.2 Å². The smallest absolute Gasteiger partial charge is 0.278 e. The summed E-state index contributed by atoms with van der Waals surface area (Å²) in [5.74, 6) is 1.31. The Morgan fingerprint density at radius 2 is 1.84 bits per heavy atom. The number of benzene rings is 2. The van der Waals surface area contributed by atoms with Crippen LogP contribution in [0.25, 0.3) is 5.57 Å². The van der Waals surface area contributed by atoms with Crippen molar-refractivity contribution in [2.75, 3.05) is 18.7 Å². The highest BCUT2D eigenvalue weighted by Crippen LogP contribution is 2.36. The number of fused-ring (bicyclic) bond motifs is 1. The number of rotatable bonds is 7. The number of hydrogen-bond acceptors (Lipinski definition) is 7. The molecule has 2 aromatic carbocycles. The van der Waals surface area contributed by atoms with E-state index in [0.717, 1.165) is 16.2 Å². The molecular formula is C24H20N2O5S. The highest BCUT2D eigenvalue weighted by atomic mass is 32.1. The minimum atomic E-state index is -0.370. The number of carbonyl (C=O) groups is 2. The van der Waals surface area contributed by atoms with Crippen molar-refractivity contribution in [2.24, 2.45) is 0 Å². The molecule has 2 aliphatic rings. The number of anilines is 1. The van der Waals surface area contributed by atoms with Crippen LogP contribution < -0.4 is 19.5 Å². The topological polar surface area (TPSA) is 77.1 Å². The largest absolute Gasteiger partial charge is 0.494 e. The molecule has 1 N–H and O–H groups in total. The van der Waals surface area contributed by atoms with Gasteiger partial charge in [0.15, 0.2) is 11.5 Å². The normalized spacial score (nSPS) is 15.0. The Morgan fingerprint density at radius 3 is 2.59 bits per heavy atom. The van der Waals surface area contributed by atoms with E-state index in [1.54, 1.807) is 12.1 Å². The summed E-state index contributed by atoms with van der Waals surface area (Å²) in [6.45, 7) is 2.79. The van der Waals surface area contributed by atoms with E-state index in [2.05, 4.69) is 5.32 Å². The number of amides is 2. The van der Waals surface area contributed by atoms with E-state index >= 15 is 0 Å². The van der Waals surface area contributed by atoms with Crippen molar-refractivity contribution >= 4 is 34.4 Å². The van der Waals surface area contributed by atoms with E-state index in [9.17, 15) is 9.59 Å². The van der Waals surface area contributed by atoms with Gasteiger partial charge < -0.3 is 19.5 Å². The molecule has 3 heterocycles. The molecule has 5 rings (SSSR count). The molecule has 2 aliphatic heterocycles. The monoisotopic (exact) mass is 448 g/mol. The minimum absolute atomic E-state index is 0.137. The van der Waals surface area contributed by atoms with Crippen LogP contribution in [0.2, 0.25) is 0 Å². The molecule has 1 aromatic heterocycles. The number of nitrogens with one attached hydrogen (secondary N) is 1. The number of ether oxygens (including phenoxy) is 3. The molecule has 162 valence electrons. The van der Waals surface area contributed by atoms with Crippen LogP contribution in [0.4, 0.5) is 5.69 Å². The summed E-state index contributed by atoms with van der Waals surface area (Å²) in [5.41, 5.74) is 2.12. The summed E-state index contributed by atoms with van der Waals surface area (Å²) in [5, 5.41) is 5.04. The summed E-state index contributed by atoms with van der Waals surface area (Å²) in [4.78, 5) is 28.7. The minimum Gasteiger partial charge on any atom is -0.494 e. The maximum Gasteiger partial charge on any atom is 0.278 e. The summed E-state index contributed by atoms with van der Waals surface area (Å²) in [6.07, 6.45) is 0. The van der Waals surface area contributed by atoms with Crippen LogP contribution in [0.1, 0.15) is 17.4 Å². The lowest BCUT2D eigenvalue weighted by atomic mass is 10.1. The Morgan fingerprint density at radius 1 is 1.03 bits per heavy atom. The van der Waals surface area contributed by atoms with Crippen molar-refractivity contribution in [3.63, 3.8) is 0 Å². The molecule has 32 heavy (non-hydrogen) atoms. The second-order valence-electron chi connectivity index (χ2n) is 7.19. The number of imide groups is 1. The molecule has 8 heteroatoms. The van der Waals surface area contributed by atoms with E-state index in [4.69, 9.17) is 14.2 Å². The molecule has 0 aliphatic carbocycles. The van der Waals surface area contributed by atoms with Crippen molar-refractivity contribution in [3.05, 3.63) is 76.1 Å². The number of thiophene rings is 1. The van der Waals surface area contributed by atoms with Gasteiger partial charge in [-0.3, -0.25) is 14.5 Å². The molecule has 0 saturated heterocycles. The first-order valence-electron chi connectivity index (χ1n) is 10.2. The van der Waals surface area contributed by atoms with Gasteiger partial charge in [-0.05, 0) is 60.3 Å². The molecule has 2 amide bonds. The first-order chi connectivity index (χ1) is 15.6. The van der Waals surface area contributed by atoms with Gasteiger partial charge in [0.2, 0.25) is 6.79 Å². The maximum absolute atomic E-state index is 13.3. The fourth-order valence-electron chi connectivity index (χ4n) is 3.65. The first-order valence-corrected chi connectivity index (χ1v) is 11.0. The van der Waals surface area contributed by atoms with Crippen LogP contribution in [0.15, 0.2) is 65.7 Å². The lowest BCUT2D eigenvalue weighted by Gasteiger charge is -2.16. The molecule has 0 fully saturated rings. The molecule has 0 unspecified atom stereocenters. The molecule has 0 atom stereocenters. The summed E-state index contributed by atoms with van der Waals surface area (Å²) < 4.78 is 16.2. The molecule has 0 radical (unpaired) electrons. The van der Waals surface area contributed by atoms with E-state index in [1.165, 1.54) is 16.2 Å². The lowest BCUT2D eigenvalue weighted by Crippen LogP contribution is -2.31. The molecule has 0 spiro atoms. The Balaban J connectivity index is 1.44. The second kappa shape index (κ2) is 8.39. The van der Waals surface area contributed by atoms with Gasteiger partial charge in [0, 0.05) is 10.6 Å². The van der Waals surface area contributed by atoms with Crippen LogP contribution in [0.5, 0.6) is 17.2 Å². The number of nitrogens with zero attached hydrogens (tertiary/aromatic N) is 1. The fourth-order valence-corrected chi connectivity index (χ4v) is 4.42. The van der Waals surface area contributed by atoms with Crippen molar-refractivity contribution < 1.29 is 23.8 Å². The molecule has 0 saturated carbocycles. The third-order valence-corrected chi connectivity index (χ3v) is 6.04. The third kappa shape index (κ3) is 3.69. The highest BCUT2D eigenvalue weighted by molar-refractivity contribution is 7.11. The first kappa shape index (κ1) is 20.1. The van der Waals surface area contributed by atoms with Gasteiger partial charge in [-0.2, -0.15) is 0 Å². The van der Waals surface area contributed by atoms with Gasteiger partial charge in [-0.25, -0.2) is 0 Å².